The van der Waals surface area contributed by atoms with Crippen LogP contribution in [0.25, 0.3) is 0 Å². The number of rotatable bonds is 5. The quantitative estimate of drug-likeness (QED) is 0.858. The Kier molecular flexibility index (Phi) is 4.04. The zero-order valence-corrected chi connectivity index (χ0v) is 10.9. The molecule has 0 radical (unpaired) electrons. The van der Waals surface area contributed by atoms with E-state index >= 15 is 0 Å². The van der Waals surface area contributed by atoms with Gasteiger partial charge in [-0.2, -0.15) is 0 Å². The molecule has 1 unspecified atom stereocenters. The van der Waals surface area contributed by atoms with Gasteiger partial charge < -0.3 is 19.6 Å². The van der Waals surface area contributed by atoms with Crippen molar-refractivity contribution in [1.29, 1.82) is 0 Å². The van der Waals surface area contributed by atoms with Gasteiger partial charge in [0.1, 0.15) is 6.10 Å². The highest BCUT2D eigenvalue weighted by atomic mass is 16.6. The molecule has 0 aromatic heterocycles. The van der Waals surface area contributed by atoms with Crippen LogP contribution in [0.5, 0.6) is 11.5 Å². The number of ether oxygens (including phenoxy) is 2. The average molecular weight is 250 g/mol. The second-order valence-corrected chi connectivity index (χ2v) is 4.10. The van der Waals surface area contributed by atoms with E-state index in [9.17, 15) is 0 Å². The van der Waals surface area contributed by atoms with E-state index in [4.69, 9.17) is 14.3 Å². The van der Waals surface area contributed by atoms with Crippen molar-refractivity contribution >= 4 is 5.71 Å². The fourth-order valence-electron chi connectivity index (χ4n) is 1.95. The number of likely N-dealkylation sites (N-methyl/N-ethyl adjacent to an activating group) is 1. The molecule has 98 valence electrons. The van der Waals surface area contributed by atoms with Crippen LogP contribution in [0, 0.1) is 0 Å². The summed E-state index contributed by atoms with van der Waals surface area (Å²) >= 11 is 0. The SMILES string of the molecule is CNCC1CC(c2ccc(OC)c(OC)c2)=NO1. The van der Waals surface area contributed by atoms with E-state index in [0.717, 1.165) is 24.2 Å². The Morgan fingerprint density at radius 3 is 2.78 bits per heavy atom. The van der Waals surface area contributed by atoms with Crippen molar-refractivity contribution in [1.82, 2.24) is 5.32 Å². The van der Waals surface area contributed by atoms with E-state index in [0.29, 0.717) is 11.5 Å². The van der Waals surface area contributed by atoms with Gasteiger partial charge in [0.15, 0.2) is 11.5 Å². The Hall–Kier alpha value is -1.75. The van der Waals surface area contributed by atoms with Crippen LogP contribution in [0.15, 0.2) is 23.4 Å². The second-order valence-electron chi connectivity index (χ2n) is 4.10. The molecule has 1 aromatic rings. The Labute approximate surface area is 107 Å². The number of methoxy groups -OCH3 is 2. The van der Waals surface area contributed by atoms with E-state index in [1.165, 1.54) is 0 Å². The van der Waals surface area contributed by atoms with Crippen LogP contribution in [0.4, 0.5) is 0 Å². The third-order valence-electron chi connectivity index (χ3n) is 2.88. The van der Waals surface area contributed by atoms with E-state index in [1.807, 2.05) is 25.2 Å². The summed E-state index contributed by atoms with van der Waals surface area (Å²) in [5.74, 6) is 1.42. The lowest BCUT2D eigenvalue weighted by atomic mass is 10.0. The first kappa shape index (κ1) is 12.7. The third-order valence-corrected chi connectivity index (χ3v) is 2.88. The summed E-state index contributed by atoms with van der Waals surface area (Å²) in [6.45, 7) is 0.792. The van der Waals surface area contributed by atoms with Crippen molar-refractivity contribution in [3.63, 3.8) is 0 Å². The molecule has 1 aromatic carbocycles. The molecular formula is C13H18N2O3. The van der Waals surface area contributed by atoms with Gasteiger partial charge in [0, 0.05) is 18.5 Å². The summed E-state index contributed by atoms with van der Waals surface area (Å²) in [6.07, 6.45) is 0.911. The lowest BCUT2D eigenvalue weighted by molar-refractivity contribution is 0.0866. The van der Waals surface area contributed by atoms with Crippen molar-refractivity contribution in [2.24, 2.45) is 5.16 Å². The maximum absolute atomic E-state index is 5.34. The maximum Gasteiger partial charge on any atom is 0.161 e. The lowest BCUT2D eigenvalue weighted by Crippen LogP contribution is -2.23. The molecule has 0 spiro atoms. The maximum atomic E-state index is 5.34. The van der Waals surface area contributed by atoms with Crippen LogP contribution in [-0.4, -0.2) is 39.6 Å². The standard InChI is InChI=1S/C13H18N2O3/c1-14-8-10-7-11(15-18-10)9-4-5-12(16-2)13(6-9)17-3/h4-6,10,14H,7-8H2,1-3H3. The van der Waals surface area contributed by atoms with Crippen LogP contribution in [0.3, 0.4) is 0 Å². The Balaban J connectivity index is 2.15. The molecule has 5 nitrogen and oxygen atoms in total. The second kappa shape index (κ2) is 5.73. The Morgan fingerprint density at radius 2 is 2.11 bits per heavy atom. The highest BCUT2D eigenvalue weighted by molar-refractivity contribution is 6.01. The van der Waals surface area contributed by atoms with Gasteiger partial charge in [0.2, 0.25) is 0 Å². The zero-order valence-electron chi connectivity index (χ0n) is 10.9. The molecule has 1 N–H and O–H groups in total. The highest BCUT2D eigenvalue weighted by Crippen LogP contribution is 2.29. The van der Waals surface area contributed by atoms with Crippen molar-refractivity contribution in [3.8, 4) is 11.5 Å². The monoisotopic (exact) mass is 250 g/mol. The molecule has 0 fully saturated rings. The molecule has 1 aliphatic heterocycles. The number of nitrogens with one attached hydrogen (secondary N) is 1. The molecule has 2 rings (SSSR count). The molecule has 1 atom stereocenters. The van der Waals surface area contributed by atoms with E-state index < -0.39 is 0 Å². The topological polar surface area (TPSA) is 52.1 Å². The van der Waals surface area contributed by atoms with Gasteiger partial charge in [0.05, 0.1) is 19.9 Å². The number of nitrogens with zero attached hydrogens (tertiary/aromatic N) is 1. The lowest BCUT2D eigenvalue weighted by Gasteiger charge is -2.09. The third kappa shape index (κ3) is 2.56. The molecule has 0 saturated heterocycles. The first-order valence-electron chi connectivity index (χ1n) is 5.88. The van der Waals surface area contributed by atoms with E-state index in [1.54, 1.807) is 14.2 Å². The molecule has 0 amide bonds. The largest absolute Gasteiger partial charge is 0.493 e. The van der Waals surface area contributed by atoms with Crippen molar-refractivity contribution in [2.45, 2.75) is 12.5 Å². The molecule has 18 heavy (non-hydrogen) atoms. The number of hydrogen-bond donors (Lipinski definition) is 1. The van der Waals surface area contributed by atoms with E-state index in [-0.39, 0.29) is 6.10 Å². The molecular weight excluding hydrogens is 232 g/mol. The predicted molar refractivity (Wildman–Crippen MR) is 69.5 cm³/mol. The molecule has 0 saturated carbocycles. The van der Waals surface area contributed by atoms with Crippen LogP contribution >= 0.6 is 0 Å². The molecule has 1 aliphatic rings. The average Bonchev–Trinajstić information content (AvgIpc) is 2.87. The minimum atomic E-state index is 0.109. The van der Waals surface area contributed by atoms with Crippen LogP contribution in [0.2, 0.25) is 0 Å². The van der Waals surface area contributed by atoms with Gasteiger partial charge in [-0.05, 0) is 25.2 Å². The fraction of sp³-hybridized carbons (Fsp3) is 0.462. The summed E-state index contributed by atoms with van der Waals surface area (Å²) in [5.41, 5.74) is 1.95. The van der Waals surface area contributed by atoms with Gasteiger partial charge in [-0.25, -0.2) is 0 Å². The summed E-state index contributed by atoms with van der Waals surface area (Å²) in [7, 11) is 5.15. The zero-order chi connectivity index (χ0) is 13.0. The summed E-state index contributed by atoms with van der Waals surface area (Å²) < 4.78 is 10.5. The molecule has 0 bridgehead atoms. The molecule has 0 aliphatic carbocycles. The van der Waals surface area contributed by atoms with Crippen LogP contribution in [0.1, 0.15) is 12.0 Å². The summed E-state index contributed by atoms with van der Waals surface area (Å²) in [4.78, 5) is 5.34. The molecule has 5 heteroatoms. The van der Waals surface area contributed by atoms with Gasteiger partial charge in [-0.3, -0.25) is 0 Å². The van der Waals surface area contributed by atoms with Crippen molar-refractivity contribution < 1.29 is 14.3 Å². The van der Waals surface area contributed by atoms with Gasteiger partial charge >= 0.3 is 0 Å². The first-order valence-corrected chi connectivity index (χ1v) is 5.88. The normalized spacial score (nSPS) is 18.2. The predicted octanol–water partition coefficient (Wildman–Crippen LogP) is 1.42. The van der Waals surface area contributed by atoms with Gasteiger partial charge in [0.25, 0.3) is 0 Å². The number of hydrogen-bond acceptors (Lipinski definition) is 5. The minimum Gasteiger partial charge on any atom is -0.493 e. The summed E-state index contributed by atoms with van der Waals surface area (Å²) in [6, 6.07) is 5.76. The smallest absolute Gasteiger partial charge is 0.161 e. The Morgan fingerprint density at radius 1 is 1.33 bits per heavy atom. The van der Waals surface area contributed by atoms with Crippen LogP contribution in [-0.2, 0) is 4.84 Å². The van der Waals surface area contributed by atoms with Crippen LogP contribution < -0.4 is 14.8 Å². The number of oxime groups is 1. The Bertz CT molecular complexity index is 446. The van der Waals surface area contributed by atoms with Crippen molar-refractivity contribution in [2.75, 3.05) is 27.8 Å². The fourth-order valence-corrected chi connectivity index (χ4v) is 1.95. The minimum absolute atomic E-state index is 0.109. The van der Waals surface area contributed by atoms with Gasteiger partial charge in [-0.1, -0.05) is 5.16 Å². The van der Waals surface area contributed by atoms with E-state index in [2.05, 4.69) is 10.5 Å². The molecule has 1 heterocycles. The summed E-state index contributed by atoms with van der Waals surface area (Å²) in [5, 5.41) is 7.20. The first-order chi connectivity index (χ1) is 8.78. The van der Waals surface area contributed by atoms with Crippen molar-refractivity contribution in [3.05, 3.63) is 23.8 Å². The highest BCUT2D eigenvalue weighted by Gasteiger charge is 2.22. The van der Waals surface area contributed by atoms with Gasteiger partial charge in [-0.15, -0.1) is 0 Å². The number of benzene rings is 1.